The van der Waals surface area contributed by atoms with E-state index < -0.39 is 35.8 Å². The average Bonchev–Trinajstić information content (AvgIpc) is 3.69. The van der Waals surface area contributed by atoms with Gasteiger partial charge in [-0.1, -0.05) is 60.7 Å². The first-order valence-corrected chi connectivity index (χ1v) is 15.4. The Hall–Kier alpha value is -6.38. The van der Waals surface area contributed by atoms with Crippen LogP contribution in [0.2, 0.25) is 0 Å². The van der Waals surface area contributed by atoms with Crippen molar-refractivity contribution < 1.29 is 48.5 Å². The first-order valence-electron chi connectivity index (χ1n) is 13.7. The van der Waals surface area contributed by atoms with E-state index in [1.165, 1.54) is 12.1 Å². The van der Waals surface area contributed by atoms with Crippen LogP contribution < -0.4 is 0 Å². The van der Waals surface area contributed by atoms with Crippen LogP contribution in [0.4, 0.5) is 0 Å². The molecule has 4 heterocycles. The van der Waals surface area contributed by atoms with Crippen LogP contribution in [-0.2, 0) is 9.47 Å². The molecule has 0 spiro atoms. The molecular weight excluding hydrogens is 661 g/mol. The van der Waals surface area contributed by atoms with Gasteiger partial charge in [-0.05, 0) is 23.3 Å². The highest BCUT2D eigenvalue weighted by molar-refractivity contribution is 7.29. The molecule has 12 nitrogen and oxygen atoms in total. The first kappa shape index (κ1) is 31.6. The molecule has 6 rings (SSSR count). The quantitative estimate of drug-likeness (QED) is 0.132. The number of carbonyl (C=O) groups excluding carboxylic acids is 4. The molecule has 0 aliphatic heterocycles. The fourth-order valence-corrected chi connectivity index (χ4v) is 6.95. The number of carbonyl (C=O) groups is 6. The minimum Gasteiger partial charge on any atom is -0.478 e. The van der Waals surface area contributed by atoms with Gasteiger partial charge in [-0.2, -0.15) is 0 Å². The molecule has 0 saturated heterocycles. The minimum atomic E-state index is -1.32. The lowest BCUT2D eigenvalue weighted by Gasteiger charge is -2.11. The zero-order valence-corrected chi connectivity index (χ0v) is 25.7. The van der Waals surface area contributed by atoms with E-state index in [9.17, 15) is 39.0 Å². The second-order valence-corrected chi connectivity index (χ2v) is 12.0. The molecule has 236 valence electrons. The molecule has 0 atom stereocenters. The van der Waals surface area contributed by atoms with Crippen LogP contribution in [0.25, 0.3) is 31.7 Å². The number of thiophene rings is 2. The second kappa shape index (κ2) is 13.2. The normalized spacial score (nSPS) is 10.8. The summed E-state index contributed by atoms with van der Waals surface area (Å²) in [5.74, 6) is -6.87. The van der Waals surface area contributed by atoms with Crippen molar-refractivity contribution in [2.45, 2.75) is 0 Å². The fraction of sp³-hybridized carbons (Fsp3) is 0. The fourth-order valence-electron chi connectivity index (χ4n) is 4.80. The predicted molar refractivity (Wildman–Crippen MR) is 172 cm³/mol. The van der Waals surface area contributed by atoms with Gasteiger partial charge in [-0.25, -0.2) is 28.8 Å². The van der Waals surface area contributed by atoms with Crippen molar-refractivity contribution in [1.29, 1.82) is 0 Å². The van der Waals surface area contributed by atoms with E-state index in [1.807, 2.05) is 0 Å². The molecule has 2 aromatic carbocycles. The van der Waals surface area contributed by atoms with Gasteiger partial charge in [0.25, 0.3) is 0 Å². The van der Waals surface area contributed by atoms with Gasteiger partial charge < -0.3 is 19.7 Å². The number of hydrogen-bond donors (Lipinski definition) is 2. The van der Waals surface area contributed by atoms with Gasteiger partial charge >= 0.3 is 35.8 Å². The Morgan fingerprint density at radius 3 is 1.21 bits per heavy atom. The number of fused-ring (bicyclic) bond motifs is 1. The number of rotatable bonds is 8. The Bertz CT molecular complexity index is 2090. The SMILES string of the molecule is O=C(OC(=O)c1cncc(C(=O)O)c1-c1ccccc1)c1cc2sc(C(=O)OC(=O)c3cncc(C(=O)O)c3-c3ccccc3)cc2s1. The molecule has 2 N–H and O–H groups in total. The molecule has 0 aliphatic rings. The molecule has 0 saturated carbocycles. The van der Waals surface area contributed by atoms with Crippen molar-refractivity contribution in [3.63, 3.8) is 0 Å². The number of nitrogens with zero attached hydrogens (tertiary/aromatic N) is 2. The molecule has 6 aromatic rings. The Balaban J connectivity index is 1.20. The number of aromatic nitrogens is 2. The maximum atomic E-state index is 13.1. The van der Waals surface area contributed by atoms with Crippen LogP contribution in [0.5, 0.6) is 0 Å². The van der Waals surface area contributed by atoms with Gasteiger partial charge in [-0.3, -0.25) is 9.97 Å². The summed E-state index contributed by atoms with van der Waals surface area (Å²) in [6.45, 7) is 0. The van der Waals surface area contributed by atoms with E-state index in [0.29, 0.717) is 20.5 Å². The van der Waals surface area contributed by atoms with Crippen LogP contribution in [-0.4, -0.2) is 56.0 Å². The lowest BCUT2D eigenvalue weighted by molar-refractivity contribution is 0.0383. The lowest BCUT2D eigenvalue weighted by atomic mass is 9.97. The number of aromatic carboxylic acids is 2. The molecule has 0 fully saturated rings. The van der Waals surface area contributed by atoms with E-state index in [-0.39, 0.29) is 43.1 Å². The molecule has 14 heteroatoms. The number of pyridine rings is 2. The highest BCUT2D eigenvalue weighted by Gasteiger charge is 2.27. The number of esters is 4. The molecule has 0 aliphatic carbocycles. The van der Waals surface area contributed by atoms with Crippen LogP contribution in [0.3, 0.4) is 0 Å². The second-order valence-electron chi connectivity index (χ2n) is 9.87. The smallest absolute Gasteiger partial charge is 0.356 e. The zero-order valence-electron chi connectivity index (χ0n) is 24.1. The topological polar surface area (TPSA) is 187 Å². The third-order valence-corrected chi connectivity index (χ3v) is 9.15. The summed E-state index contributed by atoms with van der Waals surface area (Å²) in [7, 11) is 0. The van der Waals surface area contributed by atoms with Crippen LogP contribution in [0.1, 0.15) is 60.8 Å². The van der Waals surface area contributed by atoms with E-state index >= 15 is 0 Å². The summed E-state index contributed by atoms with van der Waals surface area (Å²) in [5, 5.41) is 19.4. The van der Waals surface area contributed by atoms with E-state index in [4.69, 9.17) is 9.47 Å². The summed E-state index contributed by atoms with van der Waals surface area (Å²) in [6.07, 6.45) is 4.43. The van der Waals surface area contributed by atoms with Crippen LogP contribution >= 0.6 is 22.7 Å². The molecule has 0 radical (unpaired) electrons. The van der Waals surface area contributed by atoms with Crippen molar-refractivity contribution in [2.75, 3.05) is 0 Å². The van der Waals surface area contributed by atoms with Crippen molar-refractivity contribution in [1.82, 2.24) is 9.97 Å². The van der Waals surface area contributed by atoms with Gasteiger partial charge in [0, 0.05) is 45.3 Å². The van der Waals surface area contributed by atoms with Crippen molar-refractivity contribution in [3.8, 4) is 22.3 Å². The van der Waals surface area contributed by atoms with Crippen molar-refractivity contribution in [3.05, 3.63) is 130 Å². The number of benzene rings is 2. The standard InChI is InChI=1S/C34H18N2O10S2/c37-29(38)19-13-35-15-21(27(19)17-7-3-1-4-8-17)31(41)45-33(43)25-11-23-24(47-25)12-26(48-23)34(44)46-32(42)22-16-36-14-20(30(39)40)28(22)18-9-5-2-6-10-18/h1-16H,(H,37,38)(H,39,40). The molecule has 0 amide bonds. The van der Waals surface area contributed by atoms with Crippen molar-refractivity contribution in [2.24, 2.45) is 0 Å². The highest BCUT2D eigenvalue weighted by Crippen LogP contribution is 2.35. The summed E-state index contributed by atoms with van der Waals surface area (Å²) >= 11 is 1.83. The Morgan fingerprint density at radius 1 is 0.500 bits per heavy atom. The average molecular weight is 679 g/mol. The zero-order chi connectivity index (χ0) is 33.9. The van der Waals surface area contributed by atoms with Gasteiger partial charge in [0.2, 0.25) is 0 Å². The summed E-state index contributed by atoms with van der Waals surface area (Å²) in [5.41, 5.74) is -0.0328. The largest absolute Gasteiger partial charge is 0.478 e. The molecular formula is C34H18N2O10S2. The van der Waals surface area contributed by atoms with Gasteiger partial charge in [0.1, 0.15) is 9.75 Å². The highest BCUT2D eigenvalue weighted by atomic mass is 32.1. The number of ether oxygens (including phenoxy) is 2. The third-order valence-electron chi connectivity index (χ3n) is 6.90. The van der Waals surface area contributed by atoms with Gasteiger partial charge in [0.15, 0.2) is 0 Å². The van der Waals surface area contributed by atoms with Gasteiger partial charge in [0.05, 0.1) is 22.3 Å². The summed E-state index contributed by atoms with van der Waals surface area (Å²) < 4.78 is 11.1. The molecule has 0 unspecified atom stereocenters. The van der Waals surface area contributed by atoms with Crippen LogP contribution in [0.15, 0.2) is 97.6 Å². The monoisotopic (exact) mass is 678 g/mol. The van der Waals surface area contributed by atoms with Crippen LogP contribution in [0, 0.1) is 0 Å². The Kier molecular flexibility index (Phi) is 8.66. The third kappa shape index (κ3) is 6.20. The van der Waals surface area contributed by atoms with E-state index in [0.717, 1.165) is 47.5 Å². The lowest BCUT2D eigenvalue weighted by Crippen LogP contribution is -2.15. The van der Waals surface area contributed by atoms with Crippen molar-refractivity contribution >= 4 is 67.9 Å². The van der Waals surface area contributed by atoms with Gasteiger partial charge in [-0.15, -0.1) is 22.7 Å². The first-order chi connectivity index (χ1) is 23.1. The number of carboxylic acid groups (broad SMARTS) is 2. The number of hydrogen-bond acceptors (Lipinski definition) is 12. The maximum absolute atomic E-state index is 13.1. The molecule has 48 heavy (non-hydrogen) atoms. The Labute approximate surface area is 277 Å². The predicted octanol–water partition coefficient (Wildman–Crippen LogP) is 6.48. The van der Waals surface area contributed by atoms with E-state index in [2.05, 4.69) is 9.97 Å². The molecule has 0 bridgehead atoms. The summed E-state index contributed by atoms with van der Waals surface area (Å²) in [4.78, 5) is 83.5. The number of carboxylic acids is 2. The van der Waals surface area contributed by atoms with E-state index in [1.54, 1.807) is 60.7 Å². The molecule has 4 aromatic heterocycles. The Morgan fingerprint density at radius 2 is 0.854 bits per heavy atom. The minimum absolute atomic E-state index is 0.0215. The summed E-state index contributed by atoms with van der Waals surface area (Å²) in [6, 6.07) is 19.3. The maximum Gasteiger partial charge on any atom is 0.356 e.